The van der Waals surface area contributed by atoms with E-state index < -0.39 is 0 Å². The van der Waals surface area contributed by atoms with Crippen molar-refractivity contribution in [1.29, 1.82) is 0 Å². The maximum absolute atomic E-state index is 12.9. The van der Waals surface area contributed by atoms with E-state index in [0.29, 0.717) is 27.2 Å². The van der Waals surface area contributed by atoms with Gasteiger partial charge in [-0.05, 0) is 50.3 Å². The van der Waals surface area contributed by atoms with Crippen LogP contribution >= 0.6 is 11.8 Å². The van der Waals surface area contributed by atoms with Crippen molar-refractivity contribution in [3.05, 3.63) is 68.9 Å². The van der Waals surface area contributed by atoms with E-state index >= 15 is 0 Å². The minimum Gasteiger partial charge on any atom is -0.449 e. The second kappa shape index (κ2) is 8.74. The van der Waals surface area contributed by atoms with Gasteiger partial charge in [-0.15, -0.1) is 0 Å². The average molecular weight is 411 g/mol. The van der Waals surface area contributed by atoms with Gasteiger partial charge >= 0.3 is 0 Å². The highest BCUT2D eigenvalue weighted by Crippen LogP contribution is 2.32. The summed E-state index contributed by atoms with van der Waals surface area (Å²) in [6, 6.07) is 11.1. The Morgan fingerprint density at radius 3 is 2.62 bits per heavy atom. The summed E-state index contributed by atoms with van der Waals surface area (Å²) in [5, 5.41) is 7.33. The van der Waals surface area contributed by atoms with Gasteiger partial charge in [-0.2, -0.15) is 0 Å². The molecule has 29 heavy (non-hydrogen) atoms. The number of benzene rings is 2. The SMILES string of the molecule is CCSc1oc2c([C@@H](C)Nc3ccccc3C(=O)NC)cc(C)cc2c(=O)c1C. The van der Waals surface area contributed by atoms with E-state index in [9.17, 15) is 9.59 Å². The predicted octanol–water partition coefficient (Wildman–Crippen LogP) is 5.05. The second-order valence-corrected chi connectivity index (χ2v) is 8.24. The molecule has 0 saturated carbocycles. The fourth-order valence-corrected chi connectivity index (χ4v) is 4.10. The zero-order valence-electron chi connectivity index (χ0n) is 17.4. The van der Waals surface area contributed by atoms with Crippen molar-refractivity contribution in [1.82, 2.24) is 5.32 Å². The molecule has 0 fully saturated rings. The number of amides is 1. The average Bonchev–Trinajstić information content (AvgIpc) is 2.71. The zero-order valence-corrected chi connectivity index (χ0v) is 18.2. The molecule has 2 N–H and O–H groups in total. The maximum Gasteiger partial charge on any atom is 0.253 e. The smallest absolute Gasteiger partial charge is 0.253 e. The fraction of sp³-hybridized carbons (Fsp3) is 0.304. The van der Waals surface area contributed by atoms with Crippen molar-refractivity contribution >= 4 is 34.3 Å². The number of carbonyl (C=O) groups excluding carboxylic acids is 1. The summed E-state index contributed by atoms with van der Waals surface area (Å²) in [5.74, 6) is 0.669. The molecule has 3 rings (SSSR count). The van der Waals surface area contributed by atoms with Gasteiger partial charge in [0.25, 0.3) is 5.91 Å². The lowest BCUT2D eigenvalue weighted by Gasteiger charge is -2.20. The van der Waals surface area contributed by atoms with Gasteiger partial charge < -0.3 is 15.1 Å². The van der Waals surface area contributed by atoms with Crippen LogP contribution in [0.5, 0.6) is 0 Å². The summed E-state index contributed by atoms with van der Waals surface area (Å²) in [5.41, 5.74) is 4.42. The van der Waals surface area contributed by atoms with E-state index in [-0.39, 0.29) is 17.4 Å². The largest absolute Gasteiger partial charge is 0.449 e. The molecule has 2 aromatic carbocycles. The number of nitrogens with one attached hydrogen (secondary N) is 2. The van der Waals surface area contributed by atoms with E-state index in [1.54, 1.807) is 13.1 Å². The van der Waals surface area contributed by atoms with Crippen LogP contribution in [-0.4, -0.2) is 18.7 Å². The predicted molar refractivity (Wildman–Crippen MR) is 120 cm³/mol. The highest BCUT2D eigenvalue weighted by molar-refractivity contribution is 7.99. The van der Waals surface area contributed by atoms with Crippen molar-refractivity contribution in [2.24, 2.45) is 0 Å². The van der Waals surface area contributed by atoms with E-state index in [2.05, 4.69) is 10.6 Å². The Morgan fingerprint density at radius 1 is 1.21 bits per heavy atom. The van der Waals surface area contributed by atoms with Gasteiger partial charge in [0.2, 0.25) is 0 Å². The Hall–Kier alpha value is -2.73. The van der Waals surface area contributed by atoms with Crippen LogP contribution in [0.2, 0.25) is 0 Å². The highest BCUT2D eigenvalue weighted by Gasteiger charge is 2.19. The van der Waals surface area contributed by atoms with Crippen LogP contribution in [0.3, 0.4) is 0 Å². The van der Waals surface area contributed by atoms with Gasteiger partial charge in [-0.3, -0.25) is 9.59 Å². The molecule has 0 saturated heterocycles. The Bertz CT molecular complexity index is 1120. The van der Waals surface area contributed by atoms with Crippen molar-refractivity contribution in [2.75, 3.05) is 18.1 Å². The summed E-state index contributed by atoms with van der Waals surface area (Å²) in [7, 11) is 1.61. The number of rotatable bonds is 6. The molecule has 0 aliphatic heterocycles. The number of para-hydroxylation sites is 1. The summed E-state index contributed by atoms with van der Waals surface area (Å²) in [6.07, 6.45) is 0. The van der Waals surface area contributed by atoms with Gasteiger partial charge in [0, 0.05) is 23.9 Å². The zero-order chi connectivity index (χ0) is 21.1. The fourth-order valence-electron chi connectivity index (χ4n) is 3.39. The molecule has 0 spiro atoms. The van der Waals surface area contributed by atoms with Crippen LogP contribution in [0.15, 0.2) is 50.7 Å². The first-order valence-electron chi connectivity index (χ1n) is 9.65. The molecule has 0 bridgehead atoms. The second-order valence-electron chi connectivity index (χ2n) is 7.00. The minimum absolute atomic E-state index is 0.00473. The van der Waals surface area contributed by atoms with Crippen LogP contribution in [0.25, 0.3) is 11.0 Å². The first kappa shape index (κ1) is 21.0. The standard InChI is InChI=1S/C23H26N2O3S/c1-6-29-23-14(3)20(26)18-12-13(2)11-17(21(18)28-23)15(4)25-19-10-8-7-9-16(19)22(27)24-5/h7-12,15,25H,6H2,1-5H3,(H,24,27)/t15-/m1/s1. The van der Waals surface area contributed by atoms with E-state index in [1.807, 2.05) is 58.0 Å². The molecule has 1 amide bonds. The van der Waals surface area contributed by atoms with E-state index in [1.165, 1.54) is 11.8 Å². The summed E-state index contributed by atoms with van der Waals surface area (Å²) in [6.45, 7) is 7.82. The van der Waals surface area contributed by atoms with Gasteiger partial charge in [-0.1, -0.05) is 36.9 Å². The number of hydrogen-bond acceptors (Lipinski definition) is 5. The molecule has 0 aliphatic carbocycles. The van der Waals surface area contributed by atoms with Crippen LogP contribution in [-0.2, 0) is 0 Å². The third-order valence-corrected chi connectivity index (χ3v) is 5.80. The Balaban J connectivity index is 2.12. The first-order valence-corrected chi connectivity index (χ1v) is 10.6. The molecular weight excluding hydrogens is 384 g/mol. The van der Waals surface area contributed by atoms with Gasteiger partial charge in [0.15, 0.2) is 10.5 Å². The quantitative estimate of drug-likeness (QED) is 0.556. The van der Waals surface area contributed by atoms with Gasteiger partial charge in [0.05, 0.1) is 17.0 Å². The van der Waals surface area contributed by atoms with E-state index in [0.717, 1.165) is 22.6 Å². The lowest BCUT2D eigenvalue weighted by Crippen LogP contribution is -2.20. The van der Waals surface area contributed by atoms with Crippen LogP contribution in [0.1, 0.15) is 46.9 Å². The number of fused-ring (bicyclic) bond motifs is 1. The number of anilines is 1. The molecule has 6 heteroatoms. The summed E-state index contributed by atoms with van der Waals surface area (Å²) in [4.78, 5) is 25.1. The van der Waals surface area contributed by atoms with E-state index in [4.69, 9.17) is 4.42 Å². The third-order valence-electron chi connectivity index (χ3n) is 4.86. The lowest BCUT2D eigenvalue weighted by atomic mass is 10.00. The van der Waals surface area contributed by atoms with Crippen molar-refractivity contribution in [3.63, 3.8) is 0 Å². The molecule has 5 nitrogen and oxygen atoms in total. The number of carbonyl (C=O) groups is 1. The van der Waals surface area contributed by atoms with Crippen molar-refractivity contribution in [3.8, 4) is 0 Å². The highest BCUT2D eigenvalue weighted by atomic mass is 32.2. The molecule has 3 aromatic rings. The lowest BCUT2D eigenvalue weighted by molar-refractivity contribution is 0.0964. The van der Waals surface area contributed by atoms with Gasteiger partial charge in [0.1, 0.15) is 5.58 Å². The van der Waals surface area contributed by atoms with Crippen LogP contribution in [0, 0.1) is 13.8 Å². The van der Waals surface area contributed by atoms with Crippen molar-refractivity contribution in [2.45, 2.75) is 38.8 Å². The van der Waals surface area contributed by atoms with Crippen LogP contribution < -0.4 is 16.1 Å². The topological polar surface area (TPSA) is 71.3 Å². The Labute approximate surface area is 174 Å². The normalized spacial score (nSPS) is 12.0. The first-order chi connectivity index (χ1) is 13.9. The molecule has 152 valence electrons. The maximum atomic E-state index is 12.9. The van der Waals surface area contributed by atoms with Crippen molar-refractivity contribution < 1.29 is 9.21 Å². The summed E-state index contributed by atoms with van der Waals surface area (Å²) >= 11 is 1.53. The summed E-state index contributed by atoms with van der Waals surface area (Å²) < 4.78 is 6.20. The molecule has 1 atom stereocenters. The Kier molecular flexibility index (Phi) is 6.33. The number of aryl methyl sites for hydroxylation is 1. The number of thioether (sulfide) groups is 1. The Morgan fingerprint density at radius 2 is 1.93 bits per heavy atom. The monoisotopic (exact) mass is 410 g/mol. The molecule has 0 aliphatic rings. The number of hydrogen-bond donors (Lipinski definition) is 2. The molecular formula is C23H26N2O3S. The van der Waals surface area contributed by atoms with Crippen LogP contribution in [0.4, 0.5) is 5.69 Å². The third kappa shape index (κ3) is 4.17. The molecule has 0 radical (unpaired) electrons. The molecule has 1 aromatic heterocycles. The minimum atomic E-state index is -0.173. The molecule has 0 unspecified atom stereocenters. The molecule has 1 heterocycles. The van der Waals surface area contributed by atoms with Gasteiger partial charge in [-0.25, -0.2) is 0 Å².